The number of carbonyl (C=O) groups is 1. The quantitative estimate of drug-likeness (QED) is 0.406. The molecule has 156 valence electrons. The van der Waals surface area contributed by atoms with Gasteiger partial charge in [0.05, 0.1) is 18.8 Å². The zero-order valence-electron chi connectivity index (χ0n) is 17.0. The molecule has 0 saturated carbocycles. The minimum Gasteiger partial charge on any atom is -0.507 e. The maximum absolute atomic E-state index is 13.4. The fraction of sp³-hybridized carbons (Fsp3) is 0.167. The molecule has 0 saturated heterocycles. The summed E-state index contributed by atoms with van der Waals surface area (Å²) in [5.41, 5.74) is 5.11. The number of rotatable bonds is 4. The molecule has 2 aromatic heterocycles. The van der Waals surface area contributed by atoms with Crippen LogP contribution < -0.4 is 0 Å². The number of hydrogen-bond acceptors (Lipinski definition) is 4. The van der Waals surface area contributed by atoms with E-state index in [1.165, 1.54) is 0 Å². The molecule has 0 aliphatic carbocycles. The van der Waals surface area contributed by atoms with Gasteiger partial charge in [-0.25, -0.2) is 0 Å². The van der Waals surface area contributed by atoms with Crippen molar-refractivity contribution < 1.29 is 14.3 Å². The number of carbonyl (C=O) groups excluding carboxylic acids is 1. The van der Waals surface area contributed by atoms with Crippen molar-refractivity contribution in [3.05, 3.63) is 93.0 Å². The van der Waals surface area contributed by atoms with Gasteiger partial charge in [0, 0.05) is 15.6 Å². The first-order valence-electron chi connectivity index (χ1n) is 9.91. The van der Waals surface area contributed by atoms with Crippen LogP contribution in [0, 0.1) is 13.8 Å². The molecular weight excluding hydrogens is 458 g/mol. The van der Waals surface area contributed by atoms with Crippen LogP contribution in [0.2, 0.25) is 0 Å². The van der Waals surface area contributed by atoms with E-state index in [9.17, 15) is 9.90 Å². The Balaban J connectivity index is 1.71. The highest BCUT2D eigenvalue weighted by molar-refractivity contribution is 9.10. The number of benzene rings is 2. The van der Waals surface area contributed by atoms with Gasteiger partial charge in [-0.05, 0) is 60.9 Å². The normalized spacial score (nSPS) is 15.5. The zero-order valence-corrected chi connectivity index (χ0v) is 18.6. The van der Waals surface area contributed by atoms with Gasteiger partial charge in [0.25, 0.3) is 5.91 Å². The van der Waals surface area contributed by atoms with E-state index in [0.717, 1.165) is 26.7 Å². The first-order valence-corrected chi connectivity index (χ1v) is 10.7. The lowest BCUT2D eigenvalue weighted by molar-refractivity contribution is 0.0717. The second-order valence-corrected chi connectivity index (χ2v) is 8.72. The van der Waals surface area contributed by atoms with Crippen molar-refractivity contribution in [2.75, 3.05) is 0 Å². The van der Waals surface area contributed by atoms with Gasteiger partial charge in [-0.1, -0.05) is 34.1 Å². The Kier molecular flexibility index (Phi) is 4.70. The van der Waals surface area contributed by atoms with Gasteiger partial charge >= 0.3 is 0 Å². The summed E-state index contributed by atoms with van der Waals surface area (Å²) < 4.78 is 6.44. The van der Waals surface area contributed by atoms with Crippen LogP contribution in [-0.2, 0) is 6.54 Å². The second kappa shape index (κ2) is 7.42. The molecule has 0 radical (unpaired) electrons. The third-order valence-corrected chi connectivity index (χ3v) is 6.13. The molecule has 1 aliphatic rings. The Bertz CT molecular complexity index is 1290. The maximum Gasteiger partial charge on any atom is 0.273 e. The molecular formula is C24H20BrN3O3. The largest absolute Gasteiger partial charge is 0.507 e. The number of amides is 1. The number of hydrogen-bond donors (Lipinski definition) is 2. The van der Waals surface area contributed by atoms with Gasteiger partial charge < -0.3 is 14.4 Å². The second-order valence-electron chi connectivity index (χ2n) is 7.81. The number of phenols is 1. The first-order chi connectivity index (χ1) is 14.9. The van der Waals surface area contributed by atoms with Crippen molar-refractivity contribution in [2.24, 2.45) is 0 Å². The molecule has 1 unspecified atom stereocenters. The number of H-pyrrole nitrogens is 1. The lowest BCUT2D eigenvalue weighted by Crippen LogP contribution is -2.29. The van der Waals surface area contributed by atoms with Crippen molar-refractivity contribution in [1.29, 1.82) is 0 Å². The number of nitrogens with zero attached hydrogens (tertiary/aromatic N) is 2. The number of nitrogens with one attached hydrogen (secondary N) is 1. The molecule has 6 nitrogen and oxygen atoms in total. The van der Waals surface area contributed by atoms with Crippen LogP contribution in [-0.4, -0.2) is 26.1 Å². The fourth-order valence-electron chi connectivity index (χ4n) is 4.30. The van der Waals surface area contributed by atoms with Crippen LogP contribution in [0.15, 0.2) is 63.7 Å². The summed E-state index contributed by atoms with van der Waals surface area (Å²) in [4.78, 5) is 15.2. The van der Waals surface area contributed by atoms with E-state index in [2.05, 4.69) is 26.1 Å². The van der Waals surface area contributed by atoms with Crippen LogP contribution in [0.5, 0.6) is 5.75 Å². The van der Waals surface area contributed by atoms with E-state index in [1.807, 2.05) is 62.4 Å². The van der Waals surface area contributed by atoms with Crippen LogP contribution in [0.25, 0.3) is 11.3 Å². The van der Waals surface area contributed by atoms with Gasteiger partial charge in [0.2, 0.25) is 0 Å². The van der Waals surface area contributed by atoms with Crippen LogP contribution in [0.4, 0.5) is 0 Å². The number of aromatic amines is 1. The molecule has 31 heavy (non-hydrogen) atoms. The monoisotopic (exact) mass is 477 g/mol. The molecule has 3 heterocycles. The maximum atomic E-state index is 13.4. The summed E-state index contributed by atoms with van der Waals surface area (Å²) in [5.74, 6) is 0.714. The molecule has 1 atom stereocenters. The molecule has 0 bridgehead atoms. The highest BCUT2D eigenvalue weighted by Crippen LogP contribution is 2.46. The van der Waals surface area contributed by atoms with Gasteiger partial charge in [0.15, 0.2) is 0 Å². The average molecular weight is 478 g/mol. The SMILES string of the molecule is Cc1cc(C)c(O)c(-c2n[nH]c3c2C(c2cccc(Br)c2)N(Cc2ccco2)C3=O)c1. The summed E-state index contributed by atoms with van der Waals surface area (Å²) >= 11 is 3.54. The van der Waals surface area contributed by atoms with Gasteiger partial charge in [-0.2, -0.15) is 5.10 Å². The minimum atomic E-state index is -0.376. The van der Waals surface area contributed by atoms with Crippen molar-refractivity contribution in [3.63, 3.8) is 0 Å². The highest BCUT2D eigenvalue weighted by atomic mass is 79.9. The Morgan fingerprint density at radius 2 is 2.03 bits per heavy atom. The summed E-state index contributed by atoms with van der Waals surface area (Å²) in [7, 11) is 0. The Labute approximate surface area is 187 Å². The van der Waals surface area contributed by atoms with Gasteiger partial charge in [-0.3, -0.25) is 9.89 Å². The molecule has 0 spiro atoms. The molecule has 2 N–H and O–H groups in total. The molecule has 1 amide bonds. The van der Waals surface area contributed by atoms with E-state index in [1.54, 1.807) is 11.2 Å². The van der Waals surface area contributed by atoms with E-state index in [4.69, 9.17) is 4.42 Å². The van der Waals surface area contributed by atoms with E-state index >= 15 is 0 Å². The Morgan fingerprint density at radius 3 is 2.77 bits per heavy atom. The molecule has 7 heteroatoms. The standard InChI is InChI=1S/C24H20BrN3O3/c1-13-9-14(2)23(29)18(10-13)20-19-21(27-26-20)24(30)28(12-17-7-4-8-31-17)22(19)15-5-3-6-16(25)11-15/h3-11,22,29H,12H2,1-2H3,(H,26,27). The van der Waals surface area contributed by atoms with Gasteiger partial charge in [0.1, 0.15) is 22.9 Å². The first kappa shape index (κ1) is 19.6. The number of furan rings is 1. The number of aromatic nitrogens is 2. The molecule has 5 rings (SSSR count). The van der Waals surface area contributed by atoms with Crippen molar-refractivity contribution in [3.8, 4) is 17.0 Å². The zero-order chi connectivity index (χ0) is 21.7. The Morgan fingerprint density at radius 1 is 1.19 bits per heavy atom. The van der Waals surface area contributed by atoms with Crippen molar-refractivity contribution in [2.45, 2.75) is 26.4 Å². The highest BCUT2D eigenvalue weighted by Gasteiger charge is 2.43. The third-order valence-electron chi connectivity index (χ3n) is 5.63. The smallest absolute Gasteiger partial charge is 0.273 e. The number of aromatic hydroxyl groups is 1. The molecule has 0 fully saturated rings. The fourth-order valence-corrected chi connectivity index (χ4v) is 4.72. The number of phenolic OH excluding ortho intramolecular Hbond substituents is 1. The number of aryl methyl sites for hydroxylation is 2. The lowest BCUT2D eigenvalue weighted by atomic mass is 9.94. The van der Waals surface area contributed by atoms with Crippen molar-refractivity contribution >= 4 is 21.8 Å². The predicted molar refractivity (Wildman–Crippen MR) is 120 cm³/mol. The van der Waals surface area contributed by atoms with Gasteiger partial charge in [-0.15, -0.1) is 0 Å². The number of halogens is 1. The minimum absolute atomic E-state index is 0.154. The van der Waals surface area contributed by atoms with E-state index in [-0.39, 0.29) is 17.7 Å². The Hall–Kier alpha value is -3.32. The summed E-state index contributed by atoms with van der Waals surface area (Å²) in [6.45, 7) is 4.16. The van der Waals surface area contributed by atoms with E-state index in [0.29, 0.717) is 29.3 Å². The summed E-state index contributed by atoms with van der Waals surface area (Å²) in [6, 6.07) is 15.0. The van der Waals surface area contributed by atoms with Crippen LogP contribution in [0.3, 0.4) is 0 Å². The average Bonchev–Trinajstić information content (AvgIpc) is 3.45. The lowest BCUT2D eigenvalue weighted by Gasteiger charge is -2.26. The topological polar surface area (TPSA) is 82.4 Å². The van der Waals surface area contributed by atoms with Crippen LogP contribution >= 0.6 is 15.9 Å². The predicted octanol–water partition coefficient (Wildman–Crippen LogP) is 5.50. The summed E-state index contributed by atoms with van der Waals surface area (Å²) in [5, 5.41) is 18.2. The van der Waals surface area contributed by atoms with Crippen molar-refractivity contribution in [1.82, 2.24) is 15.1 Å². The molecule has 2 aromatic carbocycles. The molecule has 1 aliphatic heterocycles. The third kappa shape index (κ3) is 3.25. The number of fused-ring (bicyclic) bond motifs is 1. The summed E-state index contributed by atoms with van der Waals surface area (Å²) in [6.07, 6.45) is 1.60. The molecule has 4 aromatic rings. The van der Waals surface area contributed by atoms with E-state index < -0.39 is 0 Å². The van der Waals surface area contributed by atoms with Crippen LogP contribution in [0.1, 0.15) is 44.5 Å².